The Bertz CT molecular complexity index is 377. The molecular weight excluding hydrogens is 228 g/mol. The molecule has 2 heterocycles. The molecule has 0 radical (unpaired) electrons. The molecule has 1 aliphatic rings. The summed E-state index contributed by atoms with van der Waals surface area (Å²) < 4.78 is 5.32. The molecule has 1 aliphatic heterocycles. The van der Waals surface area contributed by atoms with Crippen molar-refractivity contribution in [3.8, 4) is 0 Å². The molecule has 0 aromatic carbocycles. The molecule has 18 heavy (non-hydrogen) atoms. The van der Waals surface area contributed by atoms with Gasteiger partial charge >= 0.3 is 0 Å². The van der Waals surface area contributed by atoms with E-state index in [1.807, 2.05) is 19.1 Å². The van der Waals surface area contributed by atoms with Gasteiger partial charge in [0.1, 0.15) is 5.82 Å². The van der Waals surface area contributed by atoms with Crippen LogP contribution in [0.25, 0.3) is 0 Å². The number of nitrogens with zero attached hydrogens (tertiary/aromatic N) is 2. The summed E-state index contributed by atoms with van der Waals surface area (Å²) in [6, 6.07) is 3.82. The van der Waals surface area contributed by atoms with Crippen molar-refractivity contribution in [1.29, 1.82) is 0 Å². The fraction of sp³-hybridized carbons (Fsp3) is 0.615. The third kappa shape index (κ3) is 3.85. The first-order valence-corrected chi connectivity index (χ1v) is 6.53. The van der Waals surface area contributed by atoms with Gasteiger partial charge in [-0.25, -0.2) is 4.98 Å². The van der Waals surface area contributed by atoms with Gasteiger partial charge in [0.2, 0.25) is 0 Å². The predicted octanol–water partition coefficient (Wildman–Crippen LogP) is 1.11. The van der Waals surface area contributed by atoms with Gasteiger partial charge in [0, 0.05) is 19.6 Å². The Morgan fingerprint density at radius 3 is 2.89 bits per heavy atom. The Labute approximate surface area is 108 Å². The van der Waals surface area contributed by atoms with Crippen molar-refractivity contribution in [3.05, 3.63) is 17.8 Å². The zero-order valence-corrected chi connectivity index (χ0v) is 11.0. The molecule has 0 saturated carbocycles. The SMILES string of the molecule is Cc1nc(NCCCN2CCOCC2)ccc1N. The highest BCUT2D eigenvalue weighted by Gasteiger charge is 2.09. The number of nitrogens with one attached hydrogen (secondary N) is 1. The summed E-state index contributed by atoms with van der Waals surface area (Å²) in [5.74, 6) is 0.906. The van der Waals surface area contributed by atoms with Crippen molar-refractivity contribution in [3.63, 3.8) is 0 Å². The molecule has 5 nitrogen and oxygen atoms in total. The maximum atomic E-state index is 5.73. The van der Waals surface area contributed by atoms with Gasteiger partial charge in [0.25, 0.3) is 0 Å². The van der Waals surface area contributed by atoms with Crippen LogP contribution in [0.5, 0.6) is 0 Å². The fourth-order valence-electron chi connectivity index (χ4n) is 2.01. The minimum atomic E-state index is 0.744. The van der Waals surface area contributed by atoms with E-state index in [0.717, 1.165) is 63.0 Å². The van der Waals surface area contributed by atoms with Crippen LogP contribution in [0.4, 0.5) is 11.5 Å². The highest BCUT2D eigenvalue weighted by molar-refractivity contribution is 5.48. The summed E-state index contributed by atoms with van der Waals surface area (Å²) in [6.07, 6.45) is 1.12. The summed E-state index contributed by atoms with van der Waals surface area (Å²) in [5.41, 5.74) is 7.36. The molecule has 1 fully saturated rings. The second-order valence-corrected chi connectivity index (χ2v) is 4.61. The smallest absolute Gasteiger partial charge is 0.126 e. The van der Waals surface area contributed by atoms with Gasteiger partial charge < -0.3 is 15.8 Å². The average molecular weight is 250 g/mol. The van der Waals surface area contributed by atoms with E-state index in [1.165, 1.54) is 0 Å². The second kappa shape index (κ2) is 6.56. The number of nitrogens with two attached hydrogens (primary N) is 1. The monoisotopic (exact) mass is 250 g/mol. The lowest BCUT2D eigenvalue weighted by Crippen LogP contribution is -2.37. The number of aromatic nitrogens is 1. The standard InChI is InChI=1S/C13H22N4O/c1-11-12(14)3-4-13(16-11)15-5-2-6-17-7-9-18-10-8-17/h3-4H,2,5-10,14H2,1H3,(H,15,16). The highest BCUT2D eigenvalue weighted by Crippen LogP contribution is 2.11. The molecule has 3 N–H and O–H groups in total. The number of pyridine rings is 1. The molecule has 100 valence electrons. The van der Waals surface area contributed by atoms with Gasteiger partial charge in [0.15, 0.2) is 0 Å². The minimum Gasteiger partial charge on any atom is -0.397 e. The molecular formula is C13H22N4O. The third-order valence-corrected chi connectivity index (χ3v) is 3.19. The highest BCUT2D eigenvalue weighted by atomic mass is 16.5. The van der Waals surface area contributed by atoms with E-state index in [0.29, 0.717) is 0 Å². The van der Waals surface area contributed by atoms with Crippen LogP contribution >= 0.6 is 0 Å². The van der Waals surface area contributed by atoms with Crippen molar-refractivity contribution < 1.29 is 4.74 Å². The molecule has 0 aliphatic carbocycles. The molecule has 1 aromatic rings. The predicted molar refractivity (Wildman–Crippen MR) is 73.8 cm³/mol. The van der Waals surface area contributed by atoms with E-state index >= 15 is 0 Å². The van der Waals surface area contributed by atoms with Crippen LogP contribution in [0.15, 0.2) is 12.1 Å². The van der Waals surface area contributed by atoms with Gasteiger partial charge in [-0.15, -0.1) is 0 Å². The molecule has 5 heteroatoms. The lowest BCUT2D eigenvalue weighted by atomic mass is 10.3. The first kappa shape index (κ1) is 13.1. The molecule has 0 atom stereocenters. The van der Waals surface area contributed by atoms with Crippen molar-refractivity contribution in [2.45, 2.75) is 13.3 Å². The van der Waals surface area contributed by atoms with Gasteiger partial charge in [-0.1, -0.05) is 0 Å². The van der Waals surface area contributed by atoms with E-state index in [1.54, 1.807) is 0 Å². The number of nitrogen functional groups attached to an aromatic ring is 1. The van der Waals surface area contributed by atoms with E-state index in [-0.39, 0.29) is 0 Å². The van der Waals surface area contributed by atoms with Gasteiger partial charge in [-0.05, 0) is 32.0 Å². The number of hydrogen-bond donors (Lipinski definition) is 2. The largest absolute Gasteiger partial charge is 0.397 e. The third-order valence-electron chi connectivity index (χ3n) is 3.19. The number of ether oxygens (including phenoxy) is 1. The van der Waals surface area contributed by atoms with Gasteiger partial charge in [-0.2, -0.15) is 0 Å². The Hall–Kier alpha value is -1.33. The Morgan fingerprint density at radius 2 is 2.17 bits per heavy atom. The number of rotatable bonds is 5. The van der Waals surface area contributed by atoms with E-state index in [4.69, 9.17) is 10.5 Å². The maximum Gasteiger partial charge on any atom is 0.126 e. The van der Waals surface area contributed by atoms with Crippen molar-refractivity contribution in [2.24, 2.45) is 0 Å². The zero-order chi connectivity index (χ0) is 12.8. The molecule has 0 unspecified atom stereocenters. The quantitative estimate of drug-likeness (QED) is 0.766. The molecule has 0 amide bonds. The number of morpholine rings is 1. The topological polar surface area (TPSA) is 63.4 Å². The van der Waals surface area contributed by atoms with Crippen molar-refractivity contribution >= 4 is 11.5 Å². The van der Waals surface area contributed by atoms with Crippen LogP contribution in [-0.4, -0.2) is 49.3 Å². The number of aryl methyl sites for hydroxylation is 1. The number of anilines is 2. The van der Waals surface area contributed by atoms with Crippen molar-refractivity contribution in [1.82, 2.24) is 9.88 Å². The zero-order valence-electron chi connectivity index (χ0n) is 11.0. The molecule has 2 rings (SSSR count). The normalized spacial score (nSPS) is 16.7. The first-order chi connectivity index (χ1) is 8.75. The van der Waals surface area contributed by atoms with E-state index < -0.39 is 0 Å². The Balaban J connectivity index is 1.66. The molecule has 1 saturated heterocycles. The second-order valence-electron chi connectivity index (χ2n) is 4.61. The van der Waals surface area contributed by atoms with Crippen LogP contribution in [0.1, 0.15) is 12.1 Å². The summed E-state index contributed by atoms with van der Waals surface area (Å²) in [5, 5.41) is 3.33. The first-order valence-electron chi connectivity index (χ1n) is 6.53. The maximum absolute atomic E-state index is 5.73. The molecule has 0 spiro atoms. The van der Waals surface area contributed by atoms with Crippen molar-refractivity contribution in [2.75, 3.05) is 50.4 Å². The van der Waals surface area contributed by atoms with Crippen LogP contribution in [0.3, 0.4) is 0 Å². The summed E-state index contributed by atoms with van der Waals surface area (Å²) in [4.78, 5) is 6.82. The minimum absolute atomic E-state index is 0.744. The average Bonchev–Trinajstić information content (AvgIpc) is 2.40. The molecule has 0 bridgehead atoms. The lowest BCUT2D eigenvalue weighted by Gasteiger charge is -2.26. The van der Waals surface area contributed by atoms with Gasteiger partial charge in [-0.3, -0.25) is 4.90 Å². The van der Waals surface area contributed by atoms with E-state index in [2.05, 4.69) is 15.2 Å². The van der Waals surface area contributed by atoms with Gasteiger partial charge in [0.05, 0.1) is 24.6 Å². The van der Waals surface area contributed by atoms with Crippen LogP contribution in [0.2, 0.25) is 0 Å². The molecule has 1 aromatic heterocycles. The summed E-state index contributed by atoms with van der Waals surface area (Å²) in [6.45, 7) is 7.82. The van der Waals surface area contributed by atoms with Crippen LogP contribution in [0, 0.1) is 6.92 Å². The lowest BCUT2D eigenvalue weighted by molar-refractivity contribution is 0.0378. The van der Waals surface area contributed by atoms with Crippen LogP contribution in [-0.2, 0) is 4.74 Å². The Kier molecular flexibility index (Phi) is 4.78. The summed E-state index contributed by atoms with van der Waals surface area (Å²) >= 11 is 0. The van der Waals surface area contributed by atoms with E-state index in [9.17, 15) is 0 Å². The fourth-order valence-corrected chi connectivity index (χ4v) is 2.01. The number of hydrogen-bond acceptors (Lipinski definition) is 5. The van der Waals surface area contributed by atoms with Crippen LogP contribution < -0.4 is 11.1 Å². The Morgan fingerprint density at radius 1 is 1.39 bits per heavy atom. The summed E-state index contributed by atoms with van der Waals surface area (Å²) in [7, 11) is 0.